The first-order valence-electron chi connectivity index (χ1n) is 9.44. The minimum atomic E-state index is -0.283. The zero-order chi connectivity index (χ0) is 20.8. The fourth-order valence-electron chi connectivity index (χ4n) is 2.92. The van der Waals surface area contributed by atoms with Crippen LogP contribution < -0.4 is 14.8 Å². The predicted molar refractivity (Wildman–Crippen MR) is 119 cm³/mol. The number of benzene rings is 3. The third kappa shape index (κ3) is 5.10. The van der Waals surface area contributed by atoms with Crippen molar-refractivity contribution >= 4 is 28.9 Å². The smallest absolute Gasteiger partial charge is 0.264 e. The van der Waals surface area contributed by atoms with Crippen molar-refractivity contribution in [2.24, 2.45) is 0 Å². The first kappa shape index (κ1) is 19.8. The number of amidine groups is 1. The average molecular weight is 417 g/mol. The molecule has 1 saturated heterocycles. The molecule has 5 nitrogen and oxygen atoms in total. The molecule has 0 radical (unpaired) electrons. The van der Waals surface area contributed by atoms with Crippen LogP contribution in [-0.2, 0) is 18.0 Å². The highest BCUT2D eigenvalue weighted by Gasteiger charge is 2.23. The van der Waals surface area contributed by atoms with Crippen molar-refractivity contribution < 1.29 is 14.3 Å². The van der Waals surface area contributed by atoms with E-state index in [1.807, 2.05) is 78.9 Å². The second-order valence-electron chi connectivity index (χ2n) is 6.64. The fraction of sp³-hybridized carbons (Fsp3) is 0.0833. The molecule has 4 rings (SSSR count). The van der Waals surface area contributed by atoms with Crippen LogP contribution in [0.3, 0.4) is 0 Å². The number of hydrogen-bond donors (Lipinski definition) is 2. The van der Waals surface area contributed by atoms with Gasteiger partial charge in [0.15, 0.2) is 5.17 Å². The summed E-state index contributed by atoms with van der Waals surface area (Å²) in [6.07, 6.45) is 1.73. The van der Waals surface area contributed by atoms with Gasteiger partial charge in [0.05, 0.1) is 4.91 Å². The van der Waals surface area contributed by atoms with Crippen molar-refractivity contribution in [3.8, 4) is 11.5 Å². The Hall–Kier alpha value is -3.51. The largest absolute Gasteiger partial charge is 0.489 e. The van der Waals surface area contributed by atoms with Gasteiger partial charge in [0, 0.05) is 5.56 Å². The van der Waals surface area contributed by atoms with E-state index in [-0.39, 0.29) is 11.1 Å². The lowest BCUT2D eigenvalue weighted by Gasteiger charge is -2.13. The molecular weight excluding hydrogens is 396 g/mol. The van der Waals surface area contributed by atoms with E-state index in [1.165, 1.54) is 0 Å². The molecule has 0 atom stereocenters. The maximum Gasteiger partial charge on any atom is 0.264 e. The Morgan fingerprint density at radius 2 is 1.50 bits per heavy atom. The van der Waals surface area contributed by atoms with Crippen LogP contribution in [-0.4, -0.2) is 11.1 Å². The number of carbonyl (C=O) groups excluding carboxylic acids is 1. The summed E-state index contributed by atoms with van der Waals surface area (Å²) in [6, 6.07) is 25.4. The Balaban J connectivity index is 1.57. The molecule has 0 aromatic heterocycles. The van der Waals surface area contributed by atoms with Crippen molar-refractivity contribution in [1.29, 1.82) is 5.41 Å². The Morgan fingerprint density at radius 3 is 2.10 bits per heavy atom. The fourth-order valence-corrected chi connectivity index (χ4v) is 3.61. The van der Waals surface area contributed by atoms with Gasteiger partial charge in [-0.25, -0.2) is 0 Å². The molecule has 1 amide bonds. The summed E-state index contributed by atoms with van der Waals surface area (Å²) in [4.78, 5) is 12.5. The van der Waals surface area contributed by atoms with E-state index in [4.69, 9.17) is 14.9 Å². The quantitative estimate of drug-likeness (QED) is 0.533. The lowest BCUT2D eigenvalue weighted by atomic mass is 10.1. The molecule has 1 aliphatic rings. The van der Waals surface area contributed by atoms with Crippen LogP contribution >= 0.6 is 11.8 Å². The molecule has 0 spiro atoms. The van der Waals surface area contributed by atoms with Gasteiger partial charge >= 0.3 is 0 Å². The molecule has 3 aromatic rings. The molecule has 1 heterocycles. The monoisotopic (exact) mass is 416 g/mol. The van der Waals surface area contributed by atoms with Crippen molar-refractivity contribution in [2.45, 2.75) is 13.2 Å². The van der Waals surface area contributed by atoms with E-state index < -0.39 is 0 Å². The van der Waals surface area contributed by atoms with Crippen LogP contribution in [0.1, 0.15) is 16.7 Å². The van der Waals surface area contributed by atoms with E-state index in [1.54, 1.807) is 6.08 Å². The molecule has 150 valence electrons. The molecule has 0 aliphatic carbocycles. The van der Waals surface area contributed by atoms with Crippen LogP contribution in [0, 0.1) is 5.41 Å². The molecule has 1 fully saturated rings. The third-order valence-corrected chi connectivity index (χ3v) is 5.25. The van der Waals surface area contributed by atoms with Gasteiger partial charge in [-0.2, -0.15) is 0 Å². The summed E-state index contributed by atoms with van der Waals surface area (Å²) in [6.45, 7) is 0.858. The average Bonchev–Trinajstić information content (AvgIpc) is 3.09. The maximum atomic E-state index is 12.1. The van der Waals surface area contributed by atoms with E-state index >= 15 is 0 Å². The van der Waals surface area contributed by atoms with Gasteiger partial charge in [0.25, 0.3) is 5.91 Å². The lowest BCUT2D eigenvalue weighted by Crippen LogP contribution is -2.18. The normalized spacial score (nSPS) is 14.6. The number of rotatable bonds is 7. The maximum absolute atomic E-state index is 12.1. The number of carbonyl (C=O) groups is 1. The van der Waals surface area contributed by atoms with E-state index in [2.05, 4.69) is 5.32 Å². The molecule has 0 saturated carbocycles. The number of ether oxygens (including phenoxy) is 2. The third-order valence-electron chi connectivity index (χ3n) is 4.42. The van der Waals surface area contributed by atoms with Crippen LogP contribution in [0.25, 0.3) is 6.08 Å². The van der Waals surface area contributed by atoms with Crippen molar-refractivity contribution in [3.63, 3.8) is 0 Å². The second-order valence-corrected chi connectivity index (χ2v) is 7.69. The zero-order valence-corrected chi connectivity index (χ0v) is 16.9. The van der Waals surface area contributed by atoms with Gasteiger partial charge in [-0.3, -0.25) is 10.2 Å². The minimum absolute atomic E-state index is 0.120. The summed E-state index contributed by atoms with van der Waals surface area (Å²) in [7, 11) is 0. The van der Waals surface area contributed by atoms with Gasteiger partial charge in [-0.05, 0) is 47.2 Å². The Bertz CT molecular complexity index is 1080. The highest BCUT2D eigenvalue weighted by atomic mass is 32.2. The number of nitrogens with one attached hydrogen (secondary N) is 2. The van der Waals surface area contributed by atoms with Gasteiger partial charge in [0.2, 0.25) is 0 Å². The highest BCUT2D eigenvalue weighted by molar-refractivity contribution is 8.18. The van der Waals surface area contributed by atoms with Crippen LogP contribution in [0.2, 0.25) is 0 Å². The molecule has 0 bridgehead atoms. The Kier molecular flexibility index (Phi) is 6.15. The number of thioether (sulfide) groups is 1. The summed E-state index contributed by atoms with van der Waals surface area (Å²) < 4.78 is 11.9. The summed E-state index contributed by atoms with van der Waals surface area (Å²) in [5, 5.41) is 10.3. The standard InChI is InChI=1S/C24H20N2O3S/c25-24-26-23(27)22(30-24)14-19-13-20(28-15-17-7-3-1-4-8-17)11-12-21(19)29-16-18-9-5-2-6-10-18/h1-14H,15-16H2,(H2,25,26,27)/b22-14-. The highest BCUT2D eigenvalue weighted by Crippen LogP contribution is 2.32. The van der Waals surface area contributed by atoms with Crippen LogP contribution in [0.15, 0.2) is 83.8 Å². The molecule has 3 aromatic carbocycles. The van der Waals surface area contributed by atoms with Gasteiger partial charge in [0.1, 0.15) is 24.7 Å². The summed E-state index contributed by atoms with van der Waals surface area (Å²) in [5.74, 6) is 1.04. The predicted octanol–water partition coefficient (Wildman–Crippen LogP) is 4.98. The summed E-state index contributed by atoms with van der Waals surface area (Å²) in [5.41, 5.74) is 2.85. The topological polar surface area (TPSA) is 71.4 Å². The summed E-state index contributed by atoms with van der Waals surface area (Å²) >= 11 is 1.10. The first-order valence-corrected chi connectivity index (χ1v) is 10.3. The van der Waals surface area contributed by atoms with Gasteiger partial charge < -0.3 is 14.8 Å². The molecular formula is C24H20N2O3S. The van der Waals surface area contributed by atoms with Crippen LogP contribution in [0.5, 0.6) is 11.5 Å². The van der Waals surface area contributed by atoms with Gasteiger partial charge in [-0.1, -0.05) is 60.7 Å². The zero-order valence-electron chi connectivity index (χ0n) is 16.1. The molecule has 0 unspecified atom stereocenters. The van der Waals surface area contributed by atoms with Gasteiger partial charge in [-0.15, -0.1) is 0 Å². The first-order chi connectivity index (χ1) is 14.7. The van der Waals surface area contributed by atoms with E-state index in [0.29, 0.717) is 29.6 Å². The number of amides is 1. The Labute approximate surface area is 179 Å². The second kappa shape index (κ2) is 9.33. The molecule has 6 heteroatoms. The molecule has 30 heavy (non-hydrogen) atoms. The van der Waals surface area contributed by atoms with E-state index in [9.17, 15) is 4.79 Å². The molecule has 1 aliphatic heterocycles. The van der Waals surface area contributed by atoms with Crippen molar-refractivity contribution in [3.05, 3.63) is 100 Å². The van der Waals surface area contributed by atoms with E-state index in [0.717, 1.165) is 28.5 Å². The van der Waals surface area contributed by atoms with Crippen molar-refractivity contribution in [2.75, 3.05) is 0 Å². The molecule has 2 N–H and O–H groups in total. The Morgan fingerprint density at radius 1 is 0.867 bits per heavy atom. The lowest BCUT2D eigenvalue weighted by molar-refractivity contribution is -0.115. The SMILES string of the molecule is N=C1NC(=O)/C(=C/c2cc(OCc3ccccc3)ccc2OCc2ccccc2)S1. The van der Waals surface area contributed by atoms with Crippen LogP contribution in [0.4, 0.5) is 0 Å². The minimum Gasteiger partial charge on any atom is -0.489 e. The van der Waals surface area contributed by atoms with Crippen molar-refractivity contribution in [1.82, 2.24) is 5.32 Å². The number of hydrogen-bond acceptors (Lipinski definition) is 5.